The van der Waals surface area contributed by atoms with Gasteiger partial charge in [0.2, 0.25) is 0 Å². The lowest BCUT2D eigenvalue weighted by molar-refractivity contribution is -0.363. The molecule has 126 valence electrons. The number of hydrogen-bond donors (Lipinski definition) is 0. The number of hydrogen-bond acceptors (Lipinski definition) is 6. The van der Waals surface area contributed by atoms with Gasteiger partial charge in [-0.05, 0) is 34.6 Å². The molecular weight excluding hydrogens is 276 g/mol. The van der Waals surface area contributed by atoms with Crippen LogP contribution in [0.25, 0.3) is 0 Å². The van der Waals surface area contributed by atoms with Crippen molar-refractivity contribution in [2.75, 3.05) is 33.0 Å². The van der Waals surface area contributed by atoms with Crippen LogP contribution in [0.15, 0.2) is 0 Å². The molecule has 1 saturated heterocycles. The smallest absolute Gasteiger partial charge is 0.189 e. The summed E-state index contributed by atoms with van der Waals surface area (Å²) in [7, 11) is 0. The van der Waals surface area contributed by atoms with E-state index in [1.54, 1.807) is 0 Å². The van der Waals surface area contributed by atoms with Gasteiger partial charge in [0.25, 0.3) is 0 Å². The van der Waals surface area contributed by atoms with E-state index < -0.39 is 12.6 Å². The molecule has 1 fully saturated rings. The summed E-state index contributed by atoms with van der Waals surface area (Å²) in [6, 6.07) is 0. The Labute approximate surface area is 128 Å². The molecule has 5 atom stereocenters. The van der Waals surface area contributed by atoms with Crippen molar-refractivity contribution in [1.29, 1.82) is 0 Å². The van der Waals surface area contributed by atoms with E-state index in [1.807, 2.05) is 34.6 Å². The predicted molar refractivity (Wildman–Crippen MR) is 78.2 cm³/mol. The molecule has 0 amide bonds. The van der Waals surface area contributed by atoms with Crippen molar-refractivity contribution in [3.63, 3.8) is 0 Å². The normalized spacial score (nSPS) is 33.3. The van der Waals surface area contributed by atoms with E-state index in [9.17, 15) is 0 Å². The first kappa shape index (κ1) is 18.8. The van der Waals surface area contributed by atoms with Crippen LogP contribution in [0, 0.1) is 0 Å². The molecule has 0 radical (unpaired) electrons. The molecule has 0 spiro atoms. The third-order valence-electron chi connectivity index (χ3n) is 3.19. The highest BCUT2D eigenvalue weighted by Gasteiger charge is 2.48. The van der Waals surface area contributed by atoms with Crippen molar-refractivity contribution in [3.05, 3.63) is 0 Å². The third-order valence-corrected chi connectivity index (χ3v) is 3.19. The Kier molecular flexibility index (Phi) is 9.39. The van der Waals surface area contributed by atoms with Gasteiger partial charge >= 0.3 is 0 Å². The minimum Gasteiger partial charge on any atom is -0.373 e. The molecule has 0 aromatic carbocycles. The summed E-state index contributed by atoms with van der Waals surface area (Å²) in [5.74, 6) is 0. The third kappa shape index (κ3) is 5.16. The summed E-state index contributed by atoms with van der Waals surface area (Å²) >= 11 is 0. The van der Waals surface area contributed by atoms with Gasteiger partial charge in [-0.3, -0.25) is 0 Å². The zero-order chi connectivity index (χ0) is 15.7. The van der Waals surface area contributed by atoms with Crippen molar-refractivity contribution < 1.29 is 28.4 Å². The maximum Gasteiger partial charge on any atom is 0.189 e. The second-order valence-electron chi connectivity index (χ2n) is 4.54. The van der Waals surface area contributed by atoms with E-state index in [2.05, 4.69) is 0 Å². The van der Waals surface area contributed by atoms with Crippen LogP contribution in [0.4, 0.5) is 0 Å². The monoisotopic (exact) mass is 306 g/mol. The molecule has 0 bridgehead atoms. The molecular formula is C15H30O6. The molecule has 0 aliphatic carbocycles. The maximum atomic E-state index is 5.90. The van der Waals surface area contributed by atoms with Crippen LogP contribution in [0.2, 0.25) is 0 Å². The van der Waals surface area contributed by atoms with Gasteiger partial charge in [0.15, 0.2) is 12.6 Å². The number of rotatable bonds is 10. The predicted octanol–water partition coefficient (Wildman–Crippen LogP) is 1.96. The van der Waals surface area contributed by atoms with Gasteiger partial charge in [0.1, 0.15) is 18.3 Å². The zero-order valence-corrected chi connectivity index (χ0v) is 13.9. The SMILES string of the molecule is CCOC1O[C@H](OCC)[C@@H](OCC)C(OCC)[C@H]1OCC. The molecule has 1 aliphatic rings. The van der Waals surface area contributed by atoms with E-state index in [4.69, 9.17) is 28.4 Å². The zero-order valence-electron chi connectivity index (χ0n) is 13.9. The summed E-state index contributed by atoms with van der Waals surface area (Å²) in [5, 5.41) is 0. The molecule has 0 aromatic heterocycles. The molecule has 1 rings (SSSR count). The van der Waals surface area contributed by atoms with Crippen LogP contribution >= 0.6 is 0 Å². The van der Waals surface area contributed by atoms with Gasteiger partial charge in [-0.1, -0.05) is 0 Å². The topological polar surface area (TPSA) is 55.4 Å². The van der Waals surface area contributed by atoms with Crippen molar-refractivity contribution in [2.45, 2.75) is 65.5 Å². The fraction of sp³-hybridized carbons (Fsp3) is 1.00. The molecule has 0 N–H and O–H groups in total. The van der Waals surface area contributed by atoms with Gasteiger partial charge in [0, 0.05) is 33.0 Å². The Bertz CT molecular complexity index is 241. The van der Waals surface area contributed by atoms with E-state index in [0.29, 0.717) is 33.0 Å². The van der Waals surface area contributed by atoms with Gasteiger partial charge in [-0.2, -0.15) is 0 Å². The lowest BCUT2D eigenvalue weighted by atomic mass is 10.0. The molecule has 2 unspecified atom stereocenters. The minimum absolute atomic E-state index is 0.281. The number of ether oxygens (including phenoxy) is 6. The first-order valence-corrected chi connectivity index (χ1v) is 7.96. The average Bonchev–Trinajstić information content (AvgIpc) is 2.47. The quantitative estimate of drug-likeness (QED) is 0.615. The van der Waals surface area contributed by atoms with Gasteiger partial charge in [-0.15, -0.1) is 0 Å². The summed E-state index contributed by atoms with van der Waals surface area (Å²) < 4.78 is 34.7. The molecule has 0 aromatic rings. The molecule has 0 saturated carbocycles. The highest BCUT2D eigenvalue weighted by atomic mass is 16.8. The Morgan fingerprint density at radius 1 is 0.524 bits per heavy atom. The second-order valence-corrected chi connectivity index (χ2v) is 4.54. The molecule has 6 nitrogen and oxygen atoms in total. The van der Waals surface area contributed by atoms with Crippen LogP contribution in [0.5, 0.6) is 0 Å². The maximum absolute atomic E-state index is 5.90. The fourth-order valence-corrected chi connectivity index (χ4v) is 2.49. The van der Waals surface area contributed by atoms with E-state index in [-0.39, 0.29) is 18.3 Å². The first-order chi connectivity index (χ1) is 10.2. The van der Waals surface area contributed by atoms with Crippen molar-refractivity contribution >= 4 is 0 Å². The van der Waals surface area contributed by atoms with E-state index in [1.165, 1.54) is 0 Å². The van der Waals surface area contributed by atoms with Crippen molar-refractivity contribution in [1.82, 2.24) is 0 Å². The van der Waals surface area contributed by atoms with E-state index >= 15 is 0 Å². The standard InChI is InChI=1S/C15H30O6/c1-6-16-11-12(17-7-2)14(19-9-4)21-15(20-10-5)13(11)18-8-3/h11-15H,6-10H2,1-5H3/t11?,12-,13+,14-,15?/m0/s1. The molecule has 1 aliphatic heterocycles. The molecule has 1 heterocycles. The first-order valence-electron chi connectivity index (χ1n) is 7.96. The van der Waals surface area contributed by atoms with Crippen LogP contribution in [-0.4, -0.2) is 63.9 Å². The van der Waals surface area contributed by atoms with Crippen LogP contribution < -0.4 is 0 Å². The lowest BCUT2D eigenvalue weighted by Crippen LogP contribution is -2.61. The highest BCUT2D eigenvalue weighted by Crippen LogP contribution is 2.29. The molecule has 21 heavy (non-hydrogen) atoms. The largest absolute Gasteiger partial charge is 0.373 e. The Hall–Kier alpha value is -0.240. The Balaban J connectivity index is 2.95. The minimum atomic E-state index is -0.514. The fourth-order valence-electron chi connectivity index (χ4n) is 2.49. The lowest BCUT2D eigenvalue weighted by Gasteiger charge is -2.45. The highest BCUT2D eigenvalue weighted by molar-refractivity contribution is 4.89. The summed E-state index contributed by atoms with van der Waals surface area (Å²) in [4.78, 5) is 0. The second kappa shape index (κ2) is 10.5. The van der Waals surface area contributed by atoms with Crippen LogP contribution in [-0.2, 0) is 28.4 Å². The van der Waals surface area contributed by atoms with E-state index in [0.717, 1.165) is 0 Å². The summed E-state index contributed by atoms with van der Waals surface area (Å²) in [6.45, 7) is 12.4. The Morgan fingerprint density at radius 3 is 1.19 bits per heavy atom. The van der Waals surface area contributed by atoms with Crippen molar-refractivity contribution in [2.24, 2.45) is 0 Å². The van der Waals surface area contributed by atoms with Crippen LogP contribution in [0.3, 0.4) is 0 Å². The summed E-state index contributed by atoms with van der Waals surface area (Å²) in [6.07, 6.45) is -1.97. The average molecular weight is 306 g/mol. The molecule has 6 heteroatoms. The van der Waals surface area contributed by atoms with Gasteiger partial charge < -0.3 is 28.4 Å². The van der Waals surface area contributed by atoms with Gasteiger partial charge in [0.05, 0.1) is 0 Å². The van der Waals surface area contributed by atoms with Crippen LogP contribution in [0.1, 0.15) is 34.6 Å². The summed E-state index contributed by atoms with van der Waals surface area (Å²) in [5.41, 5.74) is 0. The van der Waals surface area contributed by atoms with Gasteiger partial charge in [-0.25, -0.2) is 0 Å². The van der Waals surface area contributed by atoms with Crippen molar-refractivity contribution in [3.8, 4) is 0 Å². The Morgan fingerprint density at radius 2 is 0.857 bits per heavy atom.